The van der Waals surface area contributed by atoms with Gasteiger partial charge in [-0.05, 0) is 36.1 Å². The van der Waals surface area contributed by atoms with Crippen molar-refractivity contribution >= 4 is 33.4 Å². The summed E-state index contributed by atoms with van der Waals surface area (Å²) in [4.78, 5) is 0. The Kier molecular flexibility index (Phi) is 4.78. The molecule has 0 heterocycles. The van der Waals surface area contributed by atoms with Crippen molar-refractivity contribution in [3.8, 4) is 11.5 Å². The summed E-state index contributed by atoms with van der Waals surface area (Å²) in [6.45, 7) is 0. The number of hydrogen-bond acceptors (Lipinski definition) is 4. The van der Waals surface area contributed by atoms with Gasteiger partial charge in [0.1, 0.15) is 0 Å². The molecule has 0 spiro atoms. The predicted molar refractivity (Wildman–Crippen MR) is 99.9 cm³/mol. The summed E-state index contributed by atoms with van der Waals surface area (Å²) < 4.78 is 21.7. The first-order valence-corrected chi connectivity index (χ1v) is 8.75. The summed E-state index contributed by atoms with van der Waals surface area (Å²) in [5.41, 5.74) is 9.66. The minimum Gasteiger partial charge on any atom is -0.504 e. The van der Waals surface area contributed by atoms with Gasteiger partial charge in [0, 0.05) is 22.5 Å². The van der Waals surface area contributed by atoms with Crippen LogP contribution in [0.2, 0.25) is 0 Å². The van der Waals surface area contributed by atoms with Crippen molar-refractivity contribution in [2.75, 3.05) is 10.5 Å². The Morgan fingerprint density at radius 2 is 1.64 bits per heavy atom. The second-order valence-corrected chi connectivity index (χ2v) is 6.42. The highest BCUT2D eigenvalue weighted by Crippen LogP contribution is 2.38. The molecular weight excluding hydrogens is 340 g/mol. The van der Waals surface area contributed by atoms with E-state index in [4.69, 9.17) is 10.3 Å². The van der Waals surface area contributed by atoms with Gasteiger partial charge in [-0.15, -0.1) is 0 Å². The van der Waals surface area contributed by atoms with Crippen LogP contribution in [0, 0.1) is 0 Å². The van der Waals surface area contributed by atoms with Crippen molar-refractivity contribution in [1.29, 1.82) is 0 Å². The quantitative estimate of drug-likeness (QED) is 0.209. The lowest BCUT2D eigenvalue weighted by Crippen LogP contribution is -2.07. The topological polar surface area (TPSA) is 116 Å². The van der Waals surface area contributed by atoms with Gasteiger partial charge in [-0.1, -0.05) is 30.3 Å². The molecule has 0 fully saturated rings. The molecule has 6 N–H and O–H groups in total. The number of rotatable bonds is 2. The van der Waals surface area contributed by atoms with Crippen molar-refractivity contribution in [2.45, 2.75) is 12.8 Å². The van der Waals surface area contributed by atoms with Gasteiger partial charge in [0.2, 0.25) is 0 Å². The van der Waals surface area contributed by atoms with Crippen LogP contribution in [0.3, 0.4) is 0 Å². The number of aromatic hydroxyl groups is 2. The molecule has 1 aliphatic carbocycles. The Morgan fingerprint density at radius 3 is 2.20 bits per heavy atom. The minimum atomic E-state index is -2.23. The van der Waals surface area contributed by atoms with Gasteiger partial charge in [-0.25, -0.2) is 4.21 Å². The van der Waals surface area contributed by atoms with Gasteiger partial charge in [-0.2, -0.15) is 0 Å². The van der Waals surface area contributed by atoms with Crippen molar-refractivity contribution in [3.05, 3.63) is 59.7 Å². The Morgan fingerprint density at radius 1 is 0.960 bits per heavy atom. The Bertz CT molecular complexity index is 959. The van der Waals surface area contributed by atoms with E-state index in [1.165, 1.54) is 30.0 Å². The zero-order valence-corrected chi connectivity index (χ0v) is 14.1. The number of phenols is 2. The fraction of sp³-hybridized carbons (Fsp3) is 0.111. The second kappa shape index (κ2) is 7.00. The lowest BCUT2D eigenvalue weighted by Gasteiger charge is -2.17. The van der Waals surface area contributed by atoms with Crippen LogP contribution in [0.1, 0.15) is 11.1 Å². The van der Waals surface area contributed by atoms with Gasteiger partial charge >= 0.3 is 0 Å². The predicted octanol–water partition coefficient (Wildman–Crippen LogP) is 3.17. The number of hydrogen-bond donors (Lipinski definition) is 5. The molecule has 1 atom stereocenters. The first kappa shape index (κ1) is 17.1. The van der Waals surface area contributed by atoms with Crippen LogP contribution in [-0.2, 0) is 24.1 Å². The molecule has 1 aliphatic rings. The molecule has 3 aromatic carbocycles. The minimum absolute atomic E-state index is 0.245. The van der Waals surface area contributed by atoms with Crippen LogP contribution < -0.4 is 10.5 Å². The van der Waals surface area contributed by atoms with Crippen molar-refractivity contribution in [2.24, 2.45) is 0 Å². The highest BCUT2D eigenvalue weighted by Gasteiger charge is 2.11. The zero-order valence-electron chi connectivity index (χ0n) is 13.3. The van der Waals surface area contributed by atoms with E-state index in [1.54, 1.807) is 24.3 Å². The van der Waals surface area contributed by atoms with Crippen LogP contribution in [0.5, 0.6) is 11.5 Å². The third-order valence-electron chi connectivity index (χ3n) is 4.09. The lowest BCUT2D eigenvalue weighted by molar-refractivity contribution is 0.408. The van der Waals surface area contributed by atoms with Crippen LogP contribution >= 0.6 is 0 Å². The fourth-order valence-corrected chi connectivity index (χ4v) is 3.10. The molecular formula is C18H18N2O4S. The van der Waals surface area contributed by atoms with E-state index in [2.05, 4.69) is 16.9 Å². The summed E-state index contributed by atoms with van der Waals surface area (Å²) in [7, 11) is 0. The first-order chi connectivity index (χ1) is 12.0. The monoisotopic (exact) mass is 358 g/mol. The Hall–Kier alpha value is -2.77. The maximum Gasteiger partial charge on any atom is 0.259 e. The van der Waals surface area contributed by atoms with Crippen LogP contribution in [-0.4, -0.2) is 19.0 Å². The Balaban J connectivity index is 0.000000170. The van der Waals surface area contributed by atoms with Crippen molar-refractivity contribution in [1.82, 2.24) is 0 Å². The summed E-state index contributed by atoms with van der Waals surface area (Å²) in [5.74, 6) is -0.587. The molecule has 4 rings (SSSR count). The molecule has 0 saturated carbocycles. The lowest BCUT2D eigenvalue weighted by atomic mass is 9.88. The summed E-state index contributed by atoms with van der Waals surface area (Å²) >= 11 is -2.23. The molecule has 6 nitrogen and oxygen atoms in total. The third kappa shape index (κ3) is 3.67. The van der Waals surface area contributed by atoms with Gasteiger partial charge in [0.15, 0.2) is 11.5 Å². The third-order valence-corrected chi connectivity index (χ3v) is 4.48. The van der Waals surface area contributed by atoms with Crippen LogP contribution in [0.25, 0.3) is 10.8 Å². The average molecular weight is 358 g/mol. The molecule has 3 aromatic rings. The zero-order chi connectivity index (χ0) is 18.0. The van der Waals surface area contributed by atoms with E-state index in [9.17, 15) is 14.4 Å². The molecule has 0 bridgehead atoms. The molecule has 0 aliphatic heterocycles. The second-order valence-electron chi connectivity index (χ2n) is 5.72. The smallest absolute Gasteiger partial charge is 0.259 e. The number of nitrogens with two attached hydrogens (primary N) is 1. The number of phenolic OH excluding ortho intramolecular Hbond substituents is 2. The molecule has 7 heteroatoms. The maximum absolute atomic E-state index is 10.7. The SMILES string of the molecule is Nc1ccc2c(c1)CC2.O=S(O)Nc1cc(O)c(O)c2ccccc12. The first-order valence-electron chi connectivity index (χ1n) is 7.64. The van der Waals surface area contributed by atoms with E-state index in [0.717, 1.165) is 5.69 Å². The van der Waals surface area contributed by atoms with E-state index in [1.807, 2.05) is 6.07 Å². The highest BCUT2D eigenvalue weighted by atomic mass is 32.2. The summed E-state index contributed by atoms with van der Waals surface area (Å²) in [5, 5.41) is 20.0. The fourth-order valence-electron chi connectivity index (χ4n) is 2.74. The molecule has 0 saturated heterocycles. The standard InChI is InChI=1S/C10H9NO4S.C8H9N/c12-9-5-8(11-16(14)15)6-3-1-2-4-7(6)10(9)13;9-8-4-3-6-1-2-7(6)5-8/h1-5,11-13H,(H,14,15);3-5H,1-2,9H2. The molecule has 0 amide bonds. The average Bonchev–Trinajstić information content (AvgIpc) is 2.56. The van der Waals surface area contributed by atoms with E-state index >= 15 is 0 Å². The maximum atomic E-state index is 10.7. The Labute approximate surface area is 147 Å². The van der Waals surface area contributed by atoms with Gasteiger partial charge in [0.05, 0.1) is 5.69 Å². The van der Waals surface area contributed by atoms with E-state index in [0.29, 0.717) is 10.8 Å². The molecule has 25 heavy (non-hydrogen) atoms. The largest absolute Gasteiger partial charge is 0.504 e. The van der Waals surface area contributed by atoms with Crippen LogP contribution in [0.4, 0.5) is 11.4 Å². The highest BCUT2D eigenvalue weighted by molar-refractivity contribution is 7.80. The number of benzene rings is 3. The summed E-state index contributed by atoms with van der Waals surface area (Å²) in [6, 6.07) is 14.1. The number of anilines is 2. The van der Waals surface area contributed by atoms with Gasteiger partial charge in [0.25, 0.3) is 11.3 Å². The molecule has 1 unspecified atom stereocenters. The number of nitrogens with one attached hydrogen (secondary N) is 1. The van der Waals surface area contributed by atoms with Crippen molar-refractivity contribution < 1.29 is 19.0 Å². The summed E-state index contributed by atoms with van der Waals surface area (Å²) in [6.07, 6.45) is 2.47. The normalized spacial score (nSPS) is 13.2. The van der Waals surface area contributed by atoms with Gasteiger partial charge in [-0.3, -0.25) is 9.27 Å². The van der Waals surface area contributed by atoms with E-state index < -0.39 is 11.3 Å². The number of aryl methyl sites for hydroxylation is 2. The molecule has 0 radical (unpaired) electrons. The van der Waals surface area contributed by atoms with E-state index in [-0.39, 0.29) is 17.2 Å². The molecule has 0 aromatic heterocycles. The van der Waals surface area contributed by atoms with Gasteiger partial charge < -0.3 is 15.9 Å². The van der Waals surface area contributed by atoms with Crippen LogP contribution in [0.15, 0.2) is 48.5 Å². The molecule has 130 valence electrons. The van der Waals surface area contributed by atoms with Crippen molar-refractivity contribution in [3.63, 3.8) is 0 Å². The number of nitrogen functional groups attached to an aromatic ring is 1. The number of fused-ring (bicyclic) bond motifs is 2.